The Morgan fingerprint density at radius 3 is 2.38 bits per heavy atom. The molecule has 0 atom stereocenters. The molecule has 0 heterocycles. The number of fused-ring (bicyclic) bond motifs is 1. The van der Waals surface area contributed by atoms with Crippen LogP contribution in [0.15, 0.2) is 42.5 Å². The summed E-state index contributed by atoms with van der Waals surface area (Å²) in [5, 5.41) is 10.6. The first-order chi connectivity index (χ1) is 7.66. The topological polar surface area (TPSA) is 54.4 Å². The smallest absolute Gasteiger partial charge is 0.372 e. The Balaban J connectivity index is 2.33. The molecule has 2 aromatic rings. The van der Waals surface area contributed by atoms with Crippen LogP contribution in [-0.4, -0.2) is 16.9 Å². The normalized spacial score (nSPS) is 10.2. The van der Waals surface area contributed by atoms with Crippen LogP contribution in [0, 0.1) is 0 Å². The number of hydrogen-bond acceptors (Lipinski definition) is 2. The third-order valence-electron chi connectivity index (χ3n) is 2.42. The highest BCUT2D eigenvalue weighted by molar-refractivity contribution is 6.33. The molecule has 80 valence electrons. The number of aliphatic carboxylic acids is 1. The summed E-state index contributed by atoms with van der Waals surface area (Å²) in [6, 6.07) is 13.3. The maximum absolute atomic E-state index is 11.0. The first kappa shape index (κ1) is 10.4. The quantitative estimate of drug-likeness (QED) is 0.795. The molecule has 0 aliphatic rings. The van der Waals surface area contributed by atoms with E-state index in [1.165, 1.54) is 0 Å². The fourth-order valence-electron chi connectivity index (χ4n) is 1.61. The van der Waals surface area contributed by atoms with Gasteiger partial charge in [0.2, 0.25) is 5.78 Å². The van der Waals surface area contributed by atoms with Crippen LogP contribution in [0.2, 0.25) is 0 Å². The number of Topliss-reactive ketones (excluding diaryl/α,β-unsaturated/α-hetero) is 1. The minimum Gasteiger partial charge on any atom is -0.475 e. The average molecular weight is 214 g/mol. The van der Waals surface area contributed by atoms with E-state index in [4.69, 9.17) is 5.11 Å². The van der Waals surface area contributed by atoms with Gasteiger partial charge in [0.25, 0.3) is 0 Å². The van der Waals surface area contributed by atoms with Crippen molar-refractivity contribution in [1.29, 1.82) is 0 Å². The lowest BCUT2D eigenvalue weighted by Gasteiger charge is -2.01. The molecule has 0 saturated carbocycles. The van der Waals surface area contributed by atoms with Gasteiger partial charge >= 0.3 is 5.97 Å². The highest BCUT2D eigenvalue weighted by atomic mass is 16.4. The predicted octanol–water partition coefficient (Wildman–Crippen LogP) is 2.04. The highest BCUT2D eigenvalue weighted by Crippen LogP contribution is 2.15. The minimum absolute atomic E-state index is 0.0554. The minimum atomic E-state index is -1.38. The Bertz CT molecular complexity index is 558. The molecule has 16 heavy (non-hydrogen) atoms. The number of rotatable bonds is 3. The summed E-state index contributed by atoms with van der Waals surface area (Å²) in [6.45, 7) is 0. The van der Waals surface area contributed by atoms with Gasteiger partial charge in [-0.1, -0.05) is 42.5 Å². The molecule has 0 radical (unpaired) electrons. The van der Waals surface area contributed by atoms with Crippen molar-refractivity contribution in [1.82, 2.24) is 0 Å². The number of carboxylic acids is 1. The van der Waals surface area contributed by atoms with Crippen molar-refractivity contribution in [3.63, 3.8) is 0 Å². The van der Waals surface area contributed by atoms with Gasteiger partial charge in [0, 0.05) is 6.42 Å². The number of carboxylic acid groups (broad SMARTS) is 1. The molecule has 2 rings (SSSR count). The van der Waals surface area contributed by atoms with Crippen LogP contribution in [0.25, 0.3) is 10.8 Å². The Morgan fingerprint density at radius 2 is 1.69 bits per heavy atom. The number of benzene rings is 2. The third kappa shape index (κ3) is 2.08. The Labute approximate surface area is 92.3 Å². The second-order valence-electron chi connectivity index (χ2n) is 3.59. The maximum Gasteiger partial charge on any atom is 0.372 e. The lowest BCUT2D eigenvalue weighted by atomic mass is 10.0. The molecule has 0 spiro atoms. The van der Waals surface area contributed by atoms with Gasteiger partial charge < -0.3 is 5.11 Å². The summed E-state index contributed by atoms with van der Waals surface area (Å²) in [7, 11) is 0. The zero-order valence-electron chi connectivity index (χ0n) is 8.51. The zero-order valence-corrected chi connectivity index (χ0v) is 8.51. The zero-order chi connectivity index (χ0) is 11.5. The SMILES string of the molecule is O=C(O)C(=O)Cc1ccc2ccccc2c1. The summed E-state index contributed by atoms with van der Waals surface area (Å²) in [5.74, 6) is -2.16. The summed E-state index contributed by atoms with van der Waals surface area (Å²) in [4.78, 5) is 21.5. The van der Waals surface area contributed by atoms with Gasteiger partial charge in [0.05, 0.1) is 0 Å². The van der Waals surface area contributed by atoms with Crippen LogP contribution in [0.3, 0.4) is 0 Å². The van der Waals surface area contributed by atoms with Crippen molar-refractivity contribution in [3.8, 4) is 0 Å². The summed E-state index contributed by atoms with van der Waals surface area (Å²) >= 11 is 0. The standard InChI is InChI=1S/C13H10O3/c14-12(13(15)16)8-9-5-6-10-3-1-2-4-11(10)7-9/h1-7H,8H2,(H,15,16). The first-order valence-corrected chi connectivity index (χ1v) is 4.90. The number of ketones is 1. The molecule has 0 amide bonds. The molecule has 2 aromatic carbocycles. The van der Waals surface area contributed by atoms with Gasteiger partial charge in [-0.25, -0.2) is 4.79 Å². The van der Waals surface area contributed by atoms with E-state index in [9.17, 15) is 9.59 Å². The van der Waals surface area contributed by atoms with Gasteiger partial charge in [-0.05, 0) is 16.3 Å². The second kappa shape index (κ2) is 4.14. The van der Waals surface area contributed by atoms with Gasteiger partial charge in [-0.2, -0.15) is 0 Å². The number of hydrogen-bond donors (Lipinski definition) is 1. The molecule has 0 saturated heterocycles. The maximum atomic E-state index is 11.0. The molecular formula is C13H10O3. The van der Waals surface area contributed by atoms with E-state index >= 15 is 0 Å². The first-order valence-electron chi connectivity index (χ1n) is 4.90. The summed E-state index contributed by atoms with van der Waals surface area (Å²) in [5.41, 5.74) is 0.728. The van der Waals surface area contributed by atoms with E-state index in [1.807, 2.05) is 36.4 Å². The fourth-order valence-corrected chi connectivity index (χ4v) is 1.61. The van der Waals surface area contributed by atoms with Crippen LogP contribution >= 0.6 is 0 Å². The molecule has 0 aromatic heterocycles. The molecule has 0 bridgehead atoms. The molecular weight excluding hydrogens is 204 g/mol. The number of carbonyl (C=O) groups excluding carboxylic acids is 1. The van der Waals surface area contributed by atoms with Crippen LogP contribution < -0.4 is 0 Å². The van der Waals surface area contributed by atoms with E-state index in [0.29, 0.717) is 0 Å². The molecule has 0 unspecified atom stereocenters. The van der Waals surface area contributed by atoms with Crippen molar-refractivity contribution in [2.75, 3.05) is 0 Å². The molecule has 3 nitrogen and oxygen atoms in total. The van der Waals surface area contributed by atoms with Crippen molar-refractivity contribution in [3.05, 3.63) is 48.0 Å². The third-order valence-corrected chi connectivity index (χ3v) is 2.42. The van der Waals surface area contributed by atoms with Gasteiger partial charge in [-0.3, -0.25) is 4.79 Å². The Kier molecular flexibility index (Phi) is 2.68. The van der Waals surface area contributed by atoms with E-state index in [-0.39, 0.29) is 6.42 Å². The van der Waals surface area contributed by atoms with Crippen molar-refractivity contribution < 1.29 is 14.7 Å². The largest absolute Gasteiger partial charge is 0.475 e. The van der Waals surface area contributed by atoms with Crippen LogP contribution in [-0.2, 0) is 16.0 Å². The molecule has 0 aliphatic heterocycles. The van der Waals surface area contributed by atoms with Crippen LogP contribution in [0.1, 0.15) is 5.56 Å². The molecule has 3 heteroatoms. The summed E-state index contributed by atoms with van der Waals surface area (Å²) in [6.07, 6.45) is -0.0554. The summed E-state index contributed by atoms with van der Waals surface area (Å²) < 4.78 is 0. The number of carbonyl (C=O) groups is 2. The fraction of sp³-hybridized carbons (Fsp3) is 0.0769. The molecule has 0 fully saturated rings. The monoisotopic (exact) mass is 214 g/mol. The molecule has 1 N–H and O–H groups in total. The Hall–Kier alpha value is -2.16. The van der Waals surface area contributed by atoms with Crippen molar-refractivity contribution >= 4 is 22.5 Å². The average Bonchev–Trinajstić information content (AvgIpc) is 2.28. The van der Waals surface area contributed by atoms with E-state index in [1.54, 1.807) is 6.07 Å². The predicted molar refractivity (Wildman–Crippen MR) is 60.3 cm³/mol. The van der Waals surface area contributed by atoms with Gasteiger partial charge in [0.15, 0.2) is 0 Å². The van der Waals surface area contributed by atoms with Crippen molar-refractivity contribution in [2.24, 2.45) is 0 Å². The van der Waals surface area contributed by atoms with E-state index in [2.05, 4.69) is 0 Å². The second-order valence-corrected chi connectivity index (χ2v) is 3.59. The lowest BCUT2D eigenvalue weighted by molar-refractivity contribution is -0.148. The highest BCUT2D eigenvalue weighted by Gasteiger charge is 2.11. The van der Waals surface area contributed by atoms with Gasteiger partial charge in [-0.15, -0.1) is 0 Å². The van der Waals surface area contributed by atoms with Gasteiger partial charge in [0.1, 0.15) is 0 Å². The van der Waals surface area contributed by atoms with E-state index < -0.39 is 11.8 Å². The van der Waals surface area contributed by atoms with Crippen LogP contribution in [0.5, 0.6) is 0 Å². The van der Waals surface area contributed by atoms with Crippen LogP contribution in [0.4, 0.5) is 0 Å². The van der Waals surface area contributed by atoms with Crippen molar-refractivity contribution in [2.45, 2.75) is 6.42 Å². The lowest BCUT2D eigenvalue weighted by Crippen LogP contribution is -2.14. The Morgan fingerprint density at radius 1 is 1.00 bits per heavy atom. The van der Waals surface area contributed by atoms with E-state index in [0.717, 1.165) is 16.3 Å². The molecule has 0 aliphatic carbocycles.